The topological polar surface area (TPSA) is 73.6 Å². The maximum Gasteiger partial charge on any atom is 0.358 e. The van der Waals surface area contributed by atoms with Gasteiger partial charge in [-0.2, -0.15) is 0 Å². The fourth-order valence-electron chi connectivity index (χ4n) is 2.39. The smallest absolute Gasteiger partial charge is 0.358 e. The van der Waals surface area contributed by atoms with E-state index in [1.54, 1.807) is 18.2 Å². The van der Waals surface area contributed by atoms with E-state index in [-0.39, 0.29) is 18.0 Å². The second kappa shape index (κ2) is 7.32. The first-order chi connectivity index (χ1) is 12.0. The van der Waals surface area contributed by atoms with Crippen LogP contribution in [0.15, 0.2) is 28.2 Å². The monoisotopic (exact) mass is 446 g/mol. The number of aliphatic hydroxyl groups is 1. The van der Waals surface area contributed by atoms with E-state index in [0.717, 1.165) is 11.3 Å². The fraction of sp³-hybridized carbons (Fsp3) is 0.200. The van der Waals surface area contributed by atoms with E-state index in [9.17, 15) is 13.8 Å². The molecule has 132 valence electrons. The summed E-state index contributed by atoms with van der Waals surface area (Å²) in [5, 5.41) is 11.7. The van der Waals surface area contributed by atoms with Crippen LogP contribution < -0.4 is 4.74 Å². The van der Waals surface area contributed by atoms with Crippen LogP contribution in [0.2, 0.25) is 0 Å². The summed E-state index contributed by atoms with van der Waals surface area (Å²) in [6.07, 6.45) is 0.371. The Bertz CT molecular complexity index is 943. The zero-order valence-corrected chi connectivity index (χ0v) is 16.2. The van der Waals surface area contributed by atoms with E-state index in [1.807, 2.05) is 0 Å². The molecule has 3 rings (SSSR count). The van der Waals surface area contributed by atoms with Crippen molar-refractivity contribution < 1.29 is 23.3 Å². The Morgan fingerprint density at radius 3 is 2.88 bits per heavy atom. The number of hydrogen-bond donors (Lipinski definition) is 1. The molecular weight excluding hydrogens is 435 g/mol. The van der Waals surface area contributed by atoms with Gasteiger partial charge in [0, 0.05) is 23.2 Å². The molecule has 6 nitrogen and oxygen atoms in total. The molecule has 0 fully saturated rings. The Morgan fingerprint density at radius 2 is 2.24 bits per heavy atom. The Labute approximate surface area is 159 Å². The maximum atomic E-state index is 13.3. The molecule has 2 aromatic heterocycles. The summed E-state index contributed by atoms with van der Waals surface area (Å²) >= 11 is 4.38. The molecule has 10 heteroatoms. The minimum absolute atomic E-state index is 0.0174. The average Bonchev–Trinajstić information content (AvgIpc) is 3.20. The van der Waals surface area contributed by atoms with Gasteiger partial charge in [-0.05, 0) is 28.1 Å². The van der Waals surface area contributed by atoms with Crippen molar-refractivity contribution >= 4 is 56.5 Å². The number of halogens is 2. The van der Waals surface area contributed by atoms with Gasteiger partial charge in [-0.25, -0.2) is 9.78 Å². The Morgan fingerprint density at radius 1 is 1.48 bits per heavy atom. The van der Waals surface area contributed by atoms with Crippen LogP contribution in [0.5, 0.6) is 5.75 Å². The predicted octanol–water partition coefficient (Wildman–Crippen LogP) is 4.12. The summed E-state index contributed by atoms with van der Waals surface area (Å²) in [5.74, 6) is -0.0278. The summed E-state index contributed by atoms with van der Waals surface area (Å²) in [7, 11) is 2.78. The first-order valence-corrected chi connectivity index (χ1v) is 9.19. The molecule has 0 radical (unpaired) electrons. The number of benzene rings is 1. The van der Waals surface area contributed by atoms with Gasteiger partial charge in [0.25, 0.3) is 0 Å². The summed E-state index contributed by atoms with van der Waals surface area (Å²) in [5.41, 5.74) is 1.12. The molecular formula is C15H12BrFN2O4S2. The number of ether oxygens (including phenoxy) is 2. The maximum absolute atomic E-state index is 13.3. The van der Waals surface area contributed by atoms with Crippen molar-refractivity contribution in [2.75, 3.05) is 14.2 Å². The van der Waals surface area contributed by atoms with Crippen LogP contribution in [-0.4, -0.2) is 34.3 Å². The highest BCUT2D eigenvalue weighted by Gasteiger charge is 2.25. The number of esters is 1. The lowest BCUT2D eigenvalue weighted by Gasteiger charge is -2.06. The second-order valence-corrected chi connectivity index (χ2v) is 7.81. The predicted molar refractivity (Wildman–Crippen MR) is 97.8 cm³/mol. The lowest BCUT2D eigenvalue weighted by molar-refractivity contribution is 0.0593. The van der Waals surface area contributed by atoms with Crippen LogP contribution >= 0.6 is 39.6 Å². The van der Waals surface area contributed by atoms with Crippen molar-refractivity contribution in [3.8, 4) is 5.75 Å². The number of nitrogens with zero attached hydrogens (tertiary/aromatic N) is 2. The highest BCUT2D eigenvalue weighted by Crippen LogP contribution is 2.37. The number of aliphatic hydroxyl groups excluding tert-OH is 1. The van der Waals surface area contributed by atoms with E-state index in [1.165, 1.54) is 24.4 Å². The number of carbonyl (C=O) groups is 1. The summed E-state index contributed by atoms with van der Waals surface area (Å²) < 4.78 is 24.8. The van der Waals surface area contributed by atoms with Gasteiger partial charge in [0.05, 0.1) is 19.7 Å². The number of aromatic nitrogens is 2. The molecule has 0 aliphatic heterocycles. The summed E-state index contributed by atoms with van der Waals surface area (Å²) in [6.45, 7) is 0. The molecule has 0 amide bonds. The van der Waals surface area contributed by atoms with E-state index < -0.39 is 12.1 Å². The molecule has 0 spiro atoms. The lowest BCUT2D eigenvalue weighted by atomic mass is 10.1. The van der Waals surface area contributed by atoms with Crippen LogP contribution in [0.25, 0.3) is 10.9 Å². The fourth-order valence-corrected chi connectivity index (χ4v) is 4.31. The molecule has 0 aliphatic rings. The molecule has 2 heterocycles. The molecule has 25 heavy (non-hydrogen) atoms. The van der Waals surface area contributed by atoms with Gasteiger partial charge in [0.1, 0.15) is 20.6 Å². The Hall–Kier alpha value is -1.62. The summed E-state index contributed by atoms with van der Waals surface area (Å²) in [4.78, 5) is 15.8. The minimum atomic E-state index is -1.12. The first kappa shape index (κ1) is 18.2. The van der Waals surface area contributed by atoms with Gasteiger partial charge in [-0.1, -0.05) is 0 Å². The molecule has 0 aliphatic carbocycles. The zero-order valence-electron chi connectivity index (χ0n) is 13.0. The van der Waals surface area contributed by atoms with Crippen LogP contribution in [0.4, 0.5) is 3.89 Å². The number of carbonyl (C=O) groups excluding carboxylic acids is 1. The van der Waals surface area contributed by atoms with Crippen molar-refractivity contribution in [2.45, 2.75) is 6.10 Å². The molecule has 0 bridgehead atoms. The SMILES string of the molecule is COC(=O)c1nc(C(O)c2cn(SF)c3cc(OC)ccc23)sc1Br. The van der Waals surface area contributed by atoms with Crippen molar-refractivity contribution in [2.24, 2.45) is 0 Å². The highest BCUT2D eigenvalue weighted by atomic mass is 79.9. The Kier molecular flexibility index (Phi) is 5.32. The third-order valence-electron chi connectivity index (χ3n) is 3.59. The lowest BCUT2D eigenvalue weighted by Crippen LogP contribution is -2.04. The molecule has 0 saturated carbocycles. The molecule has 0 saturated heterocycles. The standard InChI is InChI=1S/C15H12BrFN2O4S2/c1-22-7-3-4-8-9(6-19(25-17)10(8)5-7)12(20)14-18-11(13(16)24-14)15(21)23-2/h3-6,12,20H,1-2H3. The first-order valence-electron chi connectivity index (χ1n) is 6.90. The minimum Gasteiger partial charge on any atom is -0.497 e. The normalized spacial score (nSPS) is 12.4. The number of hydrogen-bond acceptors (Lipinski definition) is 7. The van der Waals surface area contributed by atoms with Crippen molar-refractivity contribution in [3.05, 3.63) is 44.4 Å². The quantitative estimate of drug-likeness (QED) is 0.594. The van der Waals surface area contributed by atoms with Crippen LogP contribution in [0.1, 0.15) is 27.2 Å². The third kappa shape index (κ3) is 3.26. The number of thiazole rings is 1. The van der Waals surface area contributed by atoms with Crippen molar-refractivity contribution in [3.63, 3.8) is 0 Å². The number of fused-ring (bicyclic) bond motifs is 1. The second-order valence-electron chi connectivity index (χ2n) is 4.93. The molecule has 1 atom stereocenters. The van der Waals surface area contributed by atoms with Crippen LogP contribution in [0.3, 0.4) is 0 Å². The highest BCUT2D eigenvalue weighted by molar-refractivity contribution is 9.11. The van der Waals surface area contributed by atoms with Gasteiger partial charge in [-0.3, -0.25) is 3.97 Å². The van der Waals surface area contributed by atoms with E-state index in [2.05, 4.69) is 25.7 Å². The van der Waals surface area contributed by atoms with Gasteiger partial charge in [-0.15, -0.1) is 15.2 Å². The van der Waals surface area contributed by atoms with Gasteiger partial charge in [0.2, 0.25) is 0 Å². The van der Waals surface area contributed by atoms with Gasteiger partial charge >= 0.3 is 5.97 Å². The molecule has 1 unspecified atom stereocenters. The largest absolute Gasteiger partial charge is 0.497 e. The zero-order chi connectivity index (χ0) is 18.1. The van der Waals surface area contributed by atoms with Crippen molar-refractivity contribution in [1.29, 1.82) is 0 Å². The van der Waals surface area contributed by atoms with Crippen molar-refractivity contribution in [1.82, 2.24) is 8.96 Å². The number of methoxy groups -OCH3 is 2. The summed E-state index contributed by atoms with van der Waals surface area (Å²) in [6, 6.07) is 5.14. The van der Waals surface area contributed by atoms with Gasteiger partial charge < -0.3 is 14.6 Å². The Balaban J connectivity index is 2.08. The van der Waals surface area contributed by atoms with E-state index >= 15 is 0 Å². The average molecular weight is 447 g/mol. The van der Waals surface area contributed by atoms with Gasteiger partial charge in [0.15, 0.2) is 18.0 Å². The molecule has 1 N–H and O–H groups in total. The van der Waals surface area contributed by atoms with Crippen LogP contribution in [0, 0.1) is 0 Å². The molecule has 3 aromatic rings. The van der Waals surface area contributed by atoms with Crippen LogP contribution in [-0.2, 0) is 4.74 Å². The van der Waals surface area contributed by atoms with E-state index in [4.69, 9.17) is 4.74 Å². The third-order valence-corrected chi connectivity index (χ3v) is 5.80. The number of rotatable bonds is 5. The molecule has 1 aromatic carbocycles. The van der Waals surface area contributed by atoms with E-state index in [0.29, 0.717) is 31.0 Å².